The minimum atomic E-state index is -5.03. The highest BCUT2D eigenvalue weighted by molar-refractivity contribution is 7.47. The lowest BCUT2D eigenvalue weighted by molar-refractivity contribution is -0.161. The molecule has 5 unspecified atom stereocenters. The molecule has 3 N–H and O–H groups in total. The van der Waals surface area contributed by atoms with Gasteiger partial charge in [-0.3, -0.25) is 37.3 Å². The van der Waals surface area contributed by atoms with Gasteiger partial charge >= 0.3 is 39.5 Å². The average molecular weight is 1570 g/mol. The number of rotatable bonds is 74. The van der Waals surface area contributed by atoms with Crippen LogP contribution in [0.25, 0.3) is 0 Å². The van der Waals surface area contributed by atoms with Crippen molar-refractivity contribution >= 4 is 39.5 Å². The topological polar surface area (TPSA) is 237 Å². The van der Waals surface area contributed by atoms with E-state index in [1.807, 2.05) is 36.5 Å². The van der Waals surface area contributed by atoms with E-state index < -0.39 is 97.5 Å². The molecule has 0 aromatic carbocycles. The van der Waals surface area contributed by atoms with Gasteiger partial charge < -0.3 is 33.8 Å². The van der Waals surface area contributed by atoms with E-state index in [9.17, 15) is 43.2 Å². The fraction of sp³-hybridized carbons (Fsp3) is 0.560. The zero-order valence-electron chi connectivity index (χ0n) is 67.6. The Hall–Kier alpha value is -6.62. The lowest BCUT2D eigenvalue weighted by Gasteiger charge is -2.21. The zero-order chi connectivity index (χ0) is 80.3. The van der Waals surface area contributed by atoms with Gasteiger partial charge in [0.05, 0.1) is 26.4 Å². The quantitative estimate of drug-likeness (QED) is 0.0169. The van der Waals surface area contributed by atoms with Crippen LogP contribution in [-0.2, 0) is 65.4 Å². The molecule has 0 rings (SSSR count). The number of aliphatic hydroxyl groups is 1. The van der Waals surface area contributed by atoms with Gasteiger partial charge in [0, 0.05) is 25.7 Å². The van der Waals surface area contributed by atoms with Gasteiger partial charge in [-0.2, -0.15) is 0 Å². The van der Waals surface area contributed by atoms with Crippen molar-refractivity contribution in [2.75, 3.05) is 39.6 Å². The highest BCUT2D eigenvalue weighted by Gasteiger charge is 2.30. The summed E-state index contributed by atoms with van der Waals surface area (Å²) in [5.74, 6) is -2.44. The third-order valence-corrected chi connectivity index (χ3v) is 17.8. The second-order valence-electron chi connectivity index (χ2n) is 26.2. The molecule has 0 aliphatic rings. The highest BCUT2D eigenvalue weighted by Crippen LogP contribution is 2.45. The van der Waals surface area contributed by atoms with E-state index in [2.05, 4.69) is 210 Å². The van der Waals surface area contributed by atoms with Crippen molar-refractivity contribution in [3.05, 3.63) is 219 Å². The van der Waals surface area contributed by atoms with E-state index in [-0.39, 0.29) is 25.7 Å². The molecule has 5 atom stereocenters. The number of unbranched alkanes of at least 4 members (excludes halogenated alkanes) is 12. The van der Waals surface area contributed by atoms with Crippen molar-refractivity contribution in [2.45, 2.75) is 290 Å². The van der Waals surface area contributed by atoms with Gasteiger partial charge in [0.15, 0.2) is 12.2 Å². The number of esters is 4. The van der Waals surface area contributed by atoms with Crippen LogP contribution in [0.5, 0.6) is 0 Å². The molecule has 0 aromatic rings. The van der Waals surface area contributed by atoms with Gasteiger partial charge in [0.25, 0.3) is 0 Å². The number of phosphoric ester groups is 2. The Labute approximate surface area is 664 Å². The van der Waals surface area contributed by atoms with Gasteiger partial charge in [-0.1, -0.05) is 291 Å². The van der Waals surface area contributed by atoms with E-state index in [1.54, 1.807) is 0 Å². The fourth-order valence-corrected chi connectivity index (χ4v) is 11.4. The van der Waals surface area contributed by atoms with Crippen molar-refractivity contribution in [3.63, 3.8) is 0 Å². The van der Waals surface area contributed by atoms with Crippen molar-refractivity contribution in [1.82, 2.24) is 0 Å². The molecule has 0 amide bonds. The van der Waals surface area contributed by atoms with Crippen LogP contribution in [0.15, 0.2) is 219 Å². The smallest absolute Gasteiger partial charge is 0.462 e. The number of carbonyl (C=O) groups is 4. The molecule has 0 spiro atoms. The Bertz CT molecular complexity index is 2950. The van der Waals surface area contributed by atoms with Gasteiger partial charge in [-0.25, -0.2) is 9.13 Å². The number of hydrogen-bond acceptors (Lipinski definition) is 15. The Balaban J connectivity index is 5.58. The number of allylic oxidation sites excluding steroid dienone is 36. The van der Waals surface area contributed by atoms with Crippen LogP contribution in [-0.4, -0.2) is 96.7 Å². The molecule has 0 saturated carbocycles. The predicted octanol–water partition coefficient (Wildman–Crippen LogP) is 24.4. The second kappa shape index (κ2) is 80.4. The summed E-state index contributed by atoms with van der Waals surface area (Å²) in [5, 5.41) is 10.7. The summed E-state index contributed by atoms with van der Waals surface area (Å²) < 4.78 is 68.5. The lowest BCUT2D eigenvalue weighted by atomic mass is 10.1. The number of aliphatic hydroxyl groups excluding tert-OH is 1. The Morgan fingerprint density at radius 2 is 0.491 bits per heavy atom. The molecule has 0 aromatic heterocycles. The second-order valence-corrected chi connectivity index (χ2v) is 29.1. The summed E-state index contributed by atoms with van der Waals surface area (Å²) >= 11 is 0. The molecule has 110 heavy (non-hydrogen) atoms. The Morgan fingerprint density at radius 1 is 0.264 bits per heavy atom. The van der Waals surface area contributed by atoms with E-state index in [0.717, 1.165) is 161 Å². The first-order chi connectivity index (χ1) is 53.7. The average Bonchev–Trinajstić information content (AvgIpc) is 0.900. The molecular weight excluding hydrogens is 1430 g/mol. The summed E-state index contributed by atoms with van der Waals surface area (Å²) in [6.07, 6.45) is 102. The molecule has 0 saturated heterocycles. The maximum Gasteiger partial charge on any atom is 0.472 e. The van der Waals surface area contributed by atoms with Gasteiger partial charge in [0.2, 0.25) is 0 Å². The maximum atomic E-state index is 13.1. The standard InChI is InChI=1S/C91H142O17P2/c1-5-9-13-17-21-25-29-33-37-40-42-45-49-52-56-60-64-68-72-76-89(94)102-82-87(108-91(96)78-74-70-66-62-58-54-50-46-43-41-38-34-30-26-22-18-14-10-6-2)84-106-110(99,100)104-80-85(92)79-103-109(97,98)105-83-86(107-90(95)77-73-69-65-61-57-53-47-36-32-28-24-20-16-12-8-4)81-101-88(93)75-71-67-63-59-55-51-48-44-39-35-31-27-23-19-15-11-7-3/h9-11,13-15,21-28,33-39,42-43,45-48,51-52,54,56,58,64,66,68,70,85-87,92H,5-8,12,16-20,29-32,40-41,44,49-50,53,55,57,59-63,65,67,69,71-84H2,1-4H3,(H,97,98)(H,99,100)/b13-9-,14-10-,15-11-,25-21-,26-22-,27-23-,28-24-,37-33-,38-34-,39-35-,45-42-,46-43-,47-36-,51-48-,56-52-,58-54-,68-64-,70-66-. The monoisotopic (exact) mass is 1570 g/mol. The lowest BCUT2D eigenvalue weighted by Crippen LogP contribution is -2.30. The van der Waals surface area contributed by atoms with Crippen LogP contribution in [0.4, 0.5) is 0 Å². The van der Waals surface area contributed by atoms with Gasteiger partial charge in [-0.15, -0.1) is 0 Å². The van der Waals surface area contributed by atoms with Crippen molar-refractivity contribution in [3.8, 4) is 0 Å². The Morgan fingerprint density at radius 3 is 0.800 bits per heavy atom. The normalized spacial score (nSPS) is 14.9. The van der Waals surface area contributed by atoms with Crippen LogP contribution in [0.1, 0.15) is 272 Å². The third kappa shape index (κ3) is 79.5. The minimum Gasteiger partial charge on any atom is -0.462 e. The number of ether oxygens (including phenoxy) is 4. The molecule has 0 heterocycles. The van der Waals surface area contributed by atoms with E-state index in [1.165, 1.54) is 19.3 Å². The zero-order valence-corrected chi connectivity index (χ0v) is 69.4. The molecule has 17 nitrogen and oxygen atoms in total. The summed E-state index contributed by atoms with van der Waals surface area (Å²) in [7, 11) is -10.0. The SMILES string of the molecule is CC/C=C\C/C=C\C/C=C\C/C=C\C/C=C\C/C=C\CCC(=O)OCC(COP(=O)(O)OCC(O)COP(=O)(O)OCC(COC(=O)CCCCCC/C=C\C/C=C\C/C=C\C/C=C\CC)OC(=O)CCCCCCC/C=C\C/C=C\CCCCC)OC(=O)CC/C=C\C/C=C\C/C=C\C/C=C\C/C=C\C/C=C\CC. The summed E-state index contributed by atoms with van der Waals surface area (Å²) in [4.78, 5) is 73.1. The molecule has 0 fully saturated rings. The van der Waals surface area contributed by atoms with Crippen molar-refractivity contribution in [2.24, 2.45) is 0 Å². The third-order valence-electron chi connectivity index (χ3n) is 15.9. The van der Waals surface area contributed by atoms with Crippen molar-refractivity contribution in [1.29, 1.82) is 0 Å². The van der Waals surface area contributed by atoms with Crippen molar-refractivity contribution < 1.29 is 80.2 Å². The summed E-state index contributed by atoms with van der Waals surface area (Å²) in [6, 6.07) is 0. The van der Waals surface area contributed by atoms with E-state index in [4.69, 9.17) is 37.0 Å². The van der Waals surface area contributed by atoms with Gasteiger partial charge in [-0.05, 0) is 173 Å². The van der Waals surface area contributed by atoms with E-state index in [0.29, 0.717) is 38.5 Å². The van der Waals surface area contributed by atoms with Crippen LogP contribution in [0, 0.1) is 0 Å². The van der Waals surface area contributed by atoms with Crippen LogP contribution >= 0.6 is 15.6 Å². The molecule has 0 aliphatic carbocycles. The summed E-state index contributed by atoms with van der Waals surface area (Å²) in [6.45, 7) is 4.26. The highest BCUT2D eigenvalue weighted by atomic mass is 31.2. The first kappa shape index (κ1) is 103. The molecular formula is C91H142O17P2. The molecule has 618 valence electrons. The largest absolute Gasteiger partial charge is 0.472 e. The summed E-state index contributed by atoms with van der Waals surface area (Å²) in [5.41, 5.74) is 0. The Kier molecular flexibility index (Phi) is 75.6. The maximum absolute atomic E-state index is 13.1. The minimum absolute atomic E-state index is 0.00991. The number of carbonyl (C=O) groups excluding carboxylic acids is 4. The van der Waals surface area contributed by atoms with Crippen LogP contribution in [0.2, 0.25) is 0 Å². The number of phosphoric acid groups is 2. The van der Waals surface area contributed by atoms with Gasteiger partial charge in [0.1, 0.15) is 19.3 Å². The molecule has 0 bridgehead atoms. The predicted molar refractivity (Wildman–Crippen MR) is 454 cm³/mol. The number of hydrogen-bond donors (Lipinski definition) is 3. The molecule has 0 aliphatic heterocycles. The fourth-order valence-electron chi connectivity index (χ4n) is 9.82. The van der Waals surface area contributed by atoms with Crippen LogP contribution < -0.4 is 0 Å². The van der Waals surface area contributed by atoms with E-state index >= 15 is 0 Å². The molecule has 19 heteroatoms. The first-order valence-corrected chi connectivity index (χ1v) is 44.0. The van der Waals surface area contributed by atoms with Crippen LogP contribution in [0.3, 0.4) is 0 Å². The first-order valence-electron chi connectivity index (χ1n) is 41.0. The molecule has 0 radical (unpaired) electrons.